The Bertz CT molecular complexity index is 664. The van der Waals surface area contributed by atoms with Crippen LogP contribution < -0.4 is 0 Å². The summed E-state index contributed by atoms with van der Waals surface area (Å²) in [5, 5.41) is 9.67. The number of carboxylic acid groups (broad SMARTS) is 1. The Hall–Kier alpha value is -2.14. The zero-order valence-corrected chi connectivity index (χ0v) is 15.3. The van der Waals surface area contributed by atoms with E-state index in [1.54, 1.807) is 11.0 Å². The fourth-order valence-electron chi connectivity index (χ4n) is 4.14. The van der Waals surface area contributed by atoms with Crippen LogP contribution in [0.3, 0.4) is 0 Å². The lowest BCUT2D eigenvalue weighted by Gasteiger charge is -2.39. The van der Waals surface area contributed by atoms with E-state index in [9.17, 15) is 14.7 Å². The Morgan fingerprint density at radius 1 is 1.12 bits per heavy atom. The van der Waals surface area contributed by atoms with Gasteiger partial charge in [-0.25, -0.2) is 0 Å². The molecule has 1 N–H and O–H groups in total. The third-order valence-electron chi connectivity index (χ3n) is 5.66. The molecular weight excluding hydrogens is 328 g/mol. The number of nitrogens with zero attached hydrogens (tertiary/aromatic N) is 2. The quantitative estimate of drug-likeness (QED) is 0.796. The van der Waals surface area contributed by atoms with Crippen molar-refractivity contribution in [2.75, 3.05) is 26.2 Å². The maximum absolute atomic E-state index is 12.9. The van der Waals surface area contributed by atoms with Crippen LogP contribution in [0.15, 0.2) is 36.9 Å². The number of amides is 1. The first kappa shape index (κ1) is 18.6. The van der Waals surface area contributed by atoms with E-state index in [0.717, 1.165) is 19.6 Å². The van der Waals surface area contributed by atoms with E-state index in [0.29, 0.717) is 31.4 Å². The summed E-state index contributed by atoms with van der Waals surface area (Å²) < 4.78 is 0. The molecule has 0 aromatic heterocycles. The lowest BCUT2D eigenvalue weighted by molar-refractivity contribution is -0.151. The van der Waals surface area contributed by atoms with Crippen LogP contribution >= 0.6 is 0 Å². The van der Waals surface area contributed by atoms with Gasteiger partial charge in [0.05, 0.1) is 5.41 Å². The molecule has 1 atom stereocenters. The summed E-state index contributed by atoms with van der Waals surface area (Å²) in [4.78, 5) is 28.8. The highest BCUT2D eigenvalue weighted by molar-refractivity contribution is 5.94. The molecule has 3 rings (SSSR count). The molecule has 0 radical (unpaired) electrons. The normalized spacial score (nSPS) is 23.8. The molecule has 1 aromatic carbocycles. The van der Waals surface area contributed by atoms with E-state index in [1.165, 1.54) is 18.4 Å². The van der Waals surface area contributed by atoms with E-state index in [4.69, 9.17) is 0 Å². The molecule has 1 aromatic rings. The van der Waals surface area contributed by atoms with Crippen LogP contribution in [0.1, 0.15) is 48.0 Å². The van der Waals surface area contributed by atoms with Crippen LogP contribution in [0.4, 0.5) is 0 Å². The van der Waals surface area contributed by atoms with Crippen molar-refractivity contribution in [1.82, 2.24) is 9.80 Å². The molecule has 2 heterocycles. The van der Waals surface area contributed by atoms with Gasteiger partial charge in [-0.05, 0) is 62.9 Å². The molecule has 1 unspecified atom stereocenters. The van der Waals surface area contributed by atoms with Crippen LogP contribution in [-0.2, 0) is 11.3 Å². The van der Waals surface area contributed by atoms with Gasteiger partial charge in [-0.2, -0.15) is 0 Å². The predicted molar refractivity (Wildman–Crippen MR) is 101 cm³/mol. The summed E-state index contributed by atoms with van der Waals surface area (Å²) in [6.07, 6.45) is 5.87. The van der Waals surface area contributed by atoms with Crippen molar-refractivity contribution >= 4 is 11.9 Å². The second kappa shape index (κ2) is 8.04. The van der Waals surface area contributed by atoms with Gasteiger partial charge >= 0.3 is 5.97 Å². The van der Waals surface area contributed by atoms with Gasteiger partial charge in [0.25, 0.3) is 5.91 Å². The van der Waals surface area contributed by atoms with Crippen LogP contribution in [-0.4, -0.2) is 53.0 Å². The smallest absolute Gasteiger partial charge is 0.311 e. The number of rotatable bonds is 6. The van der Waals surface area contributed by atoms with E-state index >= 15 is 0 Å². The SMILES string of the molecule is C=CCC1(C(=O)O)CCCN(C(=O)c2ccc(CN3CCCC3)cc2)C1. The van der Waals surface area contributed by atoms with Gasteiger partial charge < -0.3 is 10.0 Å². The fraction of sp³-hybridized carbons (Fsp3) is 0.524. The van der Waals surface area contributed by atoms with Gasteiger partial charge in [-0.1, -0.05) is 18.2 Å². The Balaban J connectivity index is 1.67. The molecule has 2 fully saturated rings. The highest BCUT2D eigenvalue weighted by Crippen LogP contribution is 2.34. The third-order valence-corrected chi connectivity index (χ3v) is 5.66. The highest BCUT2D eigenvalue weighted by Gasteiger charge is 2.42. The van der Waals surface area contributed by atoms with Crippen molar-refractivity contribution in [3.8, 4) is 0 Å². The molecular formula is C21H28N2O3. The first-order chi connectivity index (χ1) is 12.5. The second-order valence-corrected chi connectivity index (χ2v) is 7.59. The maximum atomic E-state index is 12.9. The number of hydrogen-bond acceptors (Lipinski definition) is 3. The van der Waals surface area contributed by atoms with E-state index in [2.05, 4.69) is 11.5 Å². The number of carboxylic acids is 1. The van der Waals surface area contributed by atoms with Crippen molar-refractivity contribution in [2.24, 2.45) is 5.41 Å². The van der Waals surface area contributed by atoms with E-state index < -0.39 is 11.4 Å². The van der Waals surface area contributed by atoms with Crippen LogP contribution in [0.5, 0.6) is 0 Å². The van der Waals surface area contributed by atoms with Crippen LogP contribution in [0.25, 0.3) is 0 Å². The summed E-state index contributed by atoms with van der Waals surface area (Å²) >= 11 is 0. The zero-order valence-electron chi connectivity index (χ0n) is 15.3. The van der Waals surface area contributed by atoms with Crippen molar-refractivity contribution in [2.45, 2.75) is 38.6 Å². The predicted octanol–water partition coefficient (Wildman–Crippen LogP) is 3.17. The summed E-state index contributed by atoms with van der Waals surface area (Å²) in [5.74, 6) is -0.914. The largest absolute Gasteiger partial charge is 0.481 e. The number of piperidine rings is 1. The number of carbonyl (C=O) groups is 2. The van der Waals surface area contributed by atoms with Gasteiger partial charge in [0, 0.05) is 25.2 Å². The number of carbonyl (C=O) groups excluding carboxylic acids is 1. The number of allylic oxidation sites excluding steroid dienone is 1. The Morgan fingerprint density at radius 2 is 1.81 bits per heavy atom. The van der Waals surface area contributed by atoms with Crippen molar-refractivity contribution in [3.05, 3.63) is 48.0 Å². The van der Waals surface area contributed by atoms with Gasteiger partial charge in [-0.15, -0.1) is 6.58 Å². The Labute approximate surface area is 155 Å². The van der Waals surface area contributed by atoms with Gasteiger partial charge in [0.15, 0.2) is 0 Å². The third kappa shape index (κ3) is 3.98. The molecule has 2 aliphatic heterocycles. The first-order valence-electron chi connectivity index (χ1n) is 9.49. The Kier molecular flexibility index (Phi) is 5.77. The lowest BCUT2D eigenvalue weighted by atomic mass is 9.77. The zero-order chi connectivity index (χ0) is 18.6. The molecule has 0 bridgehead atoms. The molecule has 2 aliphatic rings. The molecule has 5 heteroatoms. The van der Waals surface area contributed by atoms with E-state index in [-0.39, 0.29) is 12.5 Å². The minimum absolute atomic E-state index is 0.0768. The maximum Gasteiger partial charge on any atom is 0.311 e. The lowest BCUT2D eigenvalue weighted by Crippen LogP contribution is -2.49. The molecule has 0 saturated carbocycles. The van der Waals surface area contributed by atoms with Crippen LogP contribution in [0.2, 0.25) is 0 Å². The minimum atomic E-state index is -0.897. The topological polar surface area (TPSA) is 60.9 Å². The summed E-state index contributed by atoms with van der Waals surface area (Å²) in [6.45, 7) is 7.78. The van der Waals surface area contributed by atoms with Crippen molar-refractivity contribution in [3.63, 3.8) is 0 Å². The van der Waals surface area contributed by atoms with Gasteiger partial charge in [0.2, 0.25) is 0 Å². The van der Waals surface area contributed by atoms with Gasteiger partial charge in [0.1, 0.15) is 0 Å². The molecule has 1 amide bonds. The average Bonchev–Trinajstić information content (AvgIpc) is 3.15. The molecule has 0 aliphatic carbocycles. The molecule has 140 valence electrons. The number of benzene rings is 1. The van der Waals surface area contributed by atoms with Crippen LogP contribution in [0, 0.1) is 5.41 Å². The van der Waals surface area contributed by atoms with Crippen molar-refractivity contribution in [1.29, 1.82) is 0 Å². The molecule has 5 nitrogen and oxygen atoms in total. The minimum Gasteiger partial charge on any atom is -0.481 e. The number of aliphatic carboxylic acids is 1. The molecule has 2 saturated heterocycles. The summed E-state index contributed by atoms with van der Waals surface area (Å²) in [5.41, 5.74) is 0.953. The number of likely N-dealkylation sites (tertiary alicyclic amines) is 2. The fourth-order valence-corrected chi connectivity index (χ4v) is 4.14. The average molecular weight is 356 g/mol. The molecule has 0 spiro atoms. The number of hydrogen-bond donors (Lipinski definition) is 1. The second-order valence-electron chi connectivity index (χ2n) is 7.59. The standard InChI is InChI=1S/C21H28N2O3/c1-2-10-21(20(25)26)11-5-14-23(16-21)19(24)18-8-6-17(7-9-18)15-22-12-3-4-13-22/h2,6-9H,1,3-5,10-16H2,(H,25,26). The summed E-state index contributed by atoms with van der Waals surface area (Å²) in [6, 6.07) is 7.78. The molecule has 26 heavy (non-hydrogen) atoms. The van der Waals surface area contributed by atoms with Crippen molar-refractivity contribution < 1.29 is 14.7 Å². The Morgan fingerprint density at radius 3 is 2.42 bits per heavy atom. The summed E-state index contributed by atoms with van der Waals surface area (Å²) in [7, 11) is 0. The monoisotopic (exact) mass is 356 g/mol. The first-order valence-corrected chi connectivity index (χ1v) is 9.49. The highest BCUT2D eigenvalue weighted by atomic mass is 16.4. The van der Waals surface area contributed by atoms with Gasteiger partial charge in [-0.3, -0.25) is 14.5 Å². The van der Waals surface area contributed by atoms with E-state index in [1.807, 2.05) is 24.3 Å².